The molecular weight excluding hydrogens is 238 g/mol. The number of ether oxygens (including phenoxy) is 1. The molecule has 1 aromatic rings. The van der Waals surface area contributed by atoms with Gasteiger partial charge in [0, 0.05) is 25.2 Å². The van der Waals surface area contributed by atoms with Gasteiger partial charge in [0.1, 0.15) is 5.75 Å². The van der Waals surface area contributed by atoms with Gasteiger partial charge >= 0.3 is 0 Å². The lowest BCUT2D eigenvalue weighted by atomic mass is 9.96. The molecule has 1 aliphatic carbocycles. The molecule has 2 atom stereocenters. The van der Waals surface area contributed by atoms with E-state index in [2.05, 4.69) is 24.1 Å². The van der Waals surface area contributed by atoms with Crippen molar-refractivity contribution in [2.45, 2.75) is 38.2 Å². The Morgan fingerprint density at radius 3 is 2.53 bits per heavy atom. The highest BCUT2D eigenvalue weighted by Gasteiger charge is 2.22. The summed E-state index contributed by atoms with van der Waals surface area (Å²) in [6.45, 7) is 0.924. The second-order valence-electron chi connectivity index (χ2n) is 5.54. The predicted molar refractivity (Wildman–Crippen MR) is 78.8 cm³/mol. The zero-order chi connectivity index (χ0) is 13.7. The lowest BCUT2D eigenvalue weighted by molar-refractivity contribution is 0.104. The molecule has 0 saturated heterocycles. The molecular formula is C16H25NO2. The van der Waals surface area contributed by atoms with Crippen LogP contribution in [0.1, 0.15) is 32.1 Å². The zero-order valence-electron chi connectivity index (χ0n) is 12.0. The third kappa shape index (κ3) is 3.87. The van der Waals surface area contributed by atoms with Gasteiger partial charge in [-0.25, -0.2) is 0 Å². The fourth-order valence-corrected chi connectivity index (χ4v) is 2.87. The smallest absolute Gasteiger partial charge is 0.119 e. The molecule has 2 rings (SSSR count). The molecule has 2 unspecified atom stereocenters. The van der Waals surface area contributed by atoms with Gasteiger partial charge in [0.25, 0.3) is 0 Å². The monoisotopic (exact) mass is 263 g/mol. The number of hydrogen-bond donors (Lipinski definition) is 1. The quantitative estimate of drug-likeness (QED) is 0.847. The third-order valence-electron chi connectivity index (χ3n) is 4.14. The van der Waals surface area contributed by atoms with Crippen molar-refractivity contribution in [2.75, 3.05) is 25.6 Å². The number of anilines is 1. The van der Waals surface area contributed by atoms with Crippen molar-refractivity contribution in [1.82, 2.24) is 0 Å². The van der Waals surface area contributed by atoms with E-state index in [4.69, 9.17) is 4.74 Å². The van der Waals surface area contributed by atoms with E-state index in [1.54, 1.807) is 7.11 Å². The van der Waals surface area contributed by atoms with E-state index < -0.39 is 0 Å². The van der Waals surface area contributed by atoms with E-state index >= 15 is 0 Å². The van der Waals surface area contributed by atoms with Crippen LogP contribution < -0.4 is 9.64 Å². The molecule has 1 saturated carbocycles. The van der Waals surface area contributed by atoms with Crippen LogP contribution in [0.3, 0.4) is 0 Å². The Hall–Kier alpha value is -1.22. The maximum atomic E-state index is 10.2. The topological polar surface area (TPSA) is 32.7 Å². The van der Waals surface area contributed by atoms with Gasteiger partial charge in [0.05, 0.1) is 13.2 Å². The molecule has 1 aromatic carbocycles. The Morgan fingerprint density at radius 2 is 1.84 bits per heavy atom. The van der Waals surface area contributed by atoms with Gasteiger partial charge in [-0.15, -0.1) is 0 Å². The van der Waals surface area contributed by atoms with Crippen molar-refractivity contribution in [2.24, 2.45) is 5.92 Å². The van der Waals surface area contributed by atoms with Crippen molar-refractivity contribution in [3.05, 3.63) is 24.3 Å². The van der Waals surface area contributed by atoms with Gasteiger partial charge in [-0.1, -0.05) is 19.3 Å². The van der Waals surface area contributed by atoms with E-state index in [0.717, 1.165) is 25.1 Å². The van der Waals surface area contributed by atoms with Gasteiger partial charge in [0.2, 0.25) is 0 Å². The maximum absolute atomic E-state index is 10.2. The molecule has 1 N–H and O–H groups in total. The van der Waals surface area contributed by atoms with Crippen molar-refractivity contribution < 1.29 is 9.84 Å². The summed E-state index contributed by atoms with van der Waals surface area (Å²) in [6.07, 6.45) is 5.65. The second-order valence-corrected chi connectivity index (χ2v) is 5.54. The summed E-state index contributed by atoms with van der Waals surface area (Å²) < 4.78 is 5.17. The third-order valence-corrected chi connectivity index (χ3v) is 4.14. The molecule has 0 spiro atoms. The lowest BCUT2D eigenvalue weighted by Crippen LogP contribution is -2.32. The van der Waals surface area contributed by atoms with Crippen molar-refractivity contribution >= 4 is 5.69 Å². The highest BCUT2D eigenvalue weighted by Crippen LogP contribution is 2.26. The highest BCUT2D eigenvalue weighted by molar-refractivity contribution is 5.48. The maximum Gasteiger partial charge on any atom is 0.119 e. The fraction of sp³-hybridized carbons (Fsp3) is 0.625. The van der Waals surface area contributed by atoms with Crippen molar-refractivity contribution in [1.29, 1.82) is 0 Å². The summed E-state index contributed by atoms with van der Waals surface area (Å²) in [5.41, 5.74) is 1.18. The lowest BCUT2D eigenvalue weighted by Gasteiger charge is -2.28. The molecule has 0 aliphatic heterocycles. The summed E-state index contributed by atoms with van der Waals surface area (Å²) in [5, 5.41) is 10.2. The van der Waals surface area contributed by atoms with Crippen LogP contribution in [0, 0.1) is 5.92 Å². The molecule has 0 radical (unpaired) electrons. The van der Waals surface area contributed by atoms with Gasteiger partial charge in [-0.05, 0) is 37.1 Å². The number of rotatable bonds is 4. The predicted octanol–water partition coefficient (Wildman–Crippen LogP) is 3.07. The van der Waals surface area contributed by atoms with E-state index in [-0.39, 0.29) is 6.10 Å². The number of nitrogens with zero attached hydrogens (tertiary/aromatic N) is 1. The molecule has 0 bridgehead atoms. The molecule has 1 aliphatic rings. The van der Waals surface area contributed by atoms with Crippen LogP contribution in [0.5, 0.6) is 5.75 Å². The average Bonchev–Trinajstić information content (AvgIpc) is 2.64. The highest BCUT2D eigenvalue weighted by atomic mass is 16.5. The first-order valence-corrected chi connectivity index (χ1v) is 7.24. The minimum absolute atomic E-state index is 0.136. The SMILES string of the molecule is COc1ccc(N(C)CC2CCCCCC2O)cc1. The number of benzene rings is 1. The first kappa shape index (κ1) is 14.2. The van der Waals surface area contributed by atoms with Crippen LogP contribution in [0.25, 0.3) is 0 Å². The van der Waals surface area contributed by atoms with Crippen LogP contribution >= 0.6 is 0 Å². The summed E-state index contributed by atoms with van der Waals surface area (Å²) in [5.74, 6) is 1.28. The summed E-state index contributed by atoms with van der Waals surface area (Å²) in [4.78, 5) is 2.23. The largest absolute Gasteiger partial charge is 0.497 e. The Labute approximate surface area is 116 Å². The Balaban J connectivity index is 1.96. The van der Waals surface area contributed by atoms with Gasteiger partial charge in [-0.3, -0.25) is 0 Å². The Bertz CT molecular complexity index is 377. The van der Waals surface area contributed by atoms with E-state index in [0.29, 0.717) is 5.92 Å². The average molecular weight is 263 g/mol. The molecule has 3 nitrogen and oxygen atoms in total. The number of aliphatic hydroxyl groups excluding tert-OH is 1. The van der Waals surface area contributed by atoms with Gasteiger partial charge < -0.3 is 14.7 Å². The molecule has 0 aromatic heterocycles. The fourth-order valence-electron chi connectivity index (χ4n) is 2.87. The van der Waals surface area contributed by atoms with E-state index in [1.807, 2.05) is 12.1 Å². The Morgan fingerprint density at radius 1 is 1.16 bits per heavy atom. The molecule has 3 heteroatoms. The van der Waals surface area contributed by atoms with Crippen LogP contribution in [0.15, 0.2) is 24.3 Å². The summed E-state index contributed by atoms with van der Waals surface area (Å²) in [6, 6.07) is 8.11. The molecule has 106 valence electrons. The van der Waals surface area contributed by atoms with E-state index in [9.17, 15) is 5.11 Å². The summed E-state index contributed by atoms with van der Waals surface area (Å²) >= 11 is 0. The number of methoxy groups -OCH3 is 1. The first-order valence-electron chi connectivity index (χ1n) is 7.24. The van der Waals surface area contributed by atoms with Crippen molar-refractivity contribution in [3.63, 3.8) is 0 Å². The molecule has 1 fully saturated rings. The van der Waals surface area contributed by atoms with Gasteiger partial charge in [-0.2, -0.15) is 0 Å². The first-order chi connectivity index (χ1) is 9.20. The number of aliphatic hydroxyl groups is 1. The molecule has 0 heterocycles. The van der Waals surface area contributed by atoms with Crippen LogP contribution in [0.2, 0.25) is 0 Å². The van der Waals surface area contributed by atoms with Gasteiger partial charge in [0.15, 0.2) is 0 Å². The normalized spacial score (nSPS) is 23.7. The van der Waals surface area contributed by atoms with Crippen LogP contribution in [-0.4, -0.2) is 31.9 Å². The molecule has 0 amide bonds. The standard InChI is InChI=1S/C16H25NO2/c1-17(14-8-10-15(19-2)11-9-14)12-13-6-4-3-5-7-16(13)18/h8-11,13,16,18H,3-7,12H2,1-2H3. The summed E-state index contributed by atoms with van der Waals surface area (Å²) in [7, 11) is 3.78. The van der Waals surface area contributed by atoms with E-state index in [1.165, 1.54) is 24.9 Å². The van der Waals surface area contributed by atoms with Crippen LogP contribution in [-0.2, 0) is 0 Å². The minimum Gasteiger partial charge on any atom is -0.497 e. The second kappa shape index (κ2) is 6.80. The molecule has 19 heavy (non-hydrogen) atoms. The number of hydrogen-bond acceptors (Lipinski definition) is 3. The van der Waals surface area contributed by atoms with Crippen LogP contribution in [0.4, 0.5) is 5.69 Å². The van der Waals surface area contributed by atoms with Crippen molar-refractivity contribution in [3.8, 4) is 5.75 Å². The zero-order valence-corrected chi connectivity index (χ0v) is 12.0. The Kier molecular flexibility index (Phi) is 5.08. The minimum atomic E-state index is -0.136.